The maximum atomic E-state index is 6.13. The van der Waals surface area contributed by atoms with Gasteiger partial charge in [0.25, 0.3) is 0 Å². The van der Waals surface area contributed by atoms with Crippen molar-refractivity contribution in [1.29, 1.82) is 0 Å². The van der Waals surface area contributed by atoms with E-state index in [1.54, 1.807) is 0 Å². The SMILES string of the molecule is CCCCCCCC(CCOCC1CO1)CC(C)(OCCC)OCCC. The summed E-state index contributed by atoms with van der Waals surface area (Å²) in [4.78, 5) is 0. The number of epoxide rings is 1. The second-order valence-electron chi connectivity index (χ2n) is 7.92. The number of rotatable bonds is 19. The highest BCUT2D eigenvalue weighted by atomic mass is 16.7. The molecule has 0 aromatic heterocycles. The molecule has 2 unspecified atom stereocenters. The quantitative estimate of drug-likeness (QED) is 0.165. The van der Waals surface area contributed by atoms with E-state index in [1.165, 1.54) is 38.5 Å². The largest absolute Gasteiger partial charge is 0.379 e. The van der Waals surface area contributed by atoms with Gasteiger partial charge < -0.3 is 18.9 Å². The van der Waals surface area contributed by atoms with Gasteiger partial charge in [-0.05, 0) is 32.1 Å². The highest BCUT2D eigenvalue weighted by molar-refractivity contribution is 4.72. The zero-order chi connectivity index (χ0) is 19.1. The van der Waals surface area contributed by atoms with Crippen molar-refractivity contribution >= 4 is 0 Å². The summed E-state index contributed by atoms with van der Waals surface area (Å²) in [6, 6.07) is 0. The Hall–Kier alpha value is -0.160. The van der Waals surface area contributed by atoms with Gasteiger partial charge in [0.2, 0.25) is 0 Å². The molecular formula is C22H44O4. The van der Waals surface area contributed by atoms with Gasteiger partial charge in [0.1, 0.15) is 6.10 Å². The van der Waals surface area contributed by atoms with Crippen LogP contribution in [0, 0.1) is 5.92 Å². The lowest BCUT2D eigenvalue weighted by Gasteiger charge is -2.33. The summed E-state index contributed by atoms with van der Waals surface area (Å²) in [7, 11) is 0. The molecule has 0 amide bonds. The molecule has 0 aromatic carbocycles. The van der Waals surface area contributed by atoms with Gasteiger partial charge in [-0.1, -0.05) is 59.3 Å². The molecule has 0 N–H and O–H groups in total. The molecule has 1 rings (SSSR count). The second kappa shape index (κ2) is 14.8. The Morgan fingerprint density at radius 3 is 2.12 bits per heavy atom. The van der Waals surface area contributed by atoms with E-state index in [9.17, 15) is 0 Å². The summed E-state index contributed by atoms with van der Waals surface area (Å²) in [6.45, 7) is 12.7. The normalized spacial score (nSPS) is 18.2. The molecule has 0 aliphatic carbocycles. The van der Waals surface area contributed by atoms with Crippen molar-refractivity contribution < 1.29 is 18.9 Å². The maximum Gasteiger partial charge on any atom is 0.165 e. The third-order valence-electron chi connectivity index (χ3n) is 4.97. The van der Waals surface area contributed by atoms with Crippen LogP contribution >= 0.6 is 0 Å². The average molecular weight is 373 g/mol. The van der Waals surface area contributed by atoms with Crippen molar-refractivity contribution in [2.75, 3.05) is 33.0 Å². The lowest BCUT2D eigenvalue weighted by Crippen LogP contribution is -2.36. The Morgan fingerprint density at radius 1 is 0.885 bits per heavy atom. The molecule has 156 valence electrons. The Morgan fingerprint density at radius 2 is 1.54 bits per heavy atom. The Labute approximate surface area is 162 Å². The van der Waals surface area contributed by atoms with Gasteiger partial charge in [-0.25, -0.2) is 0 Å². The standard InChI is InChI=1S/C22H44O4/c1-5-8-9-10-11-12-20(13-16-23-18-21-19-24-21)17-22(4,25-14-6-2)26-15-7-3/h20-21H,5-19H2,1-4H3. The third-order valence-corrected chi connectivity index (χ3v) is 4.97. The topological polar surface area (TPSA) is 40.2 Å². The summed E-state index contributed by atoms with van der Waals surface area (Å²) < 4.78 is 23.3. The maximum absolute atomic E-state index is 6.13. The first-order chi connectivity index (χ1) is 12.6. The van der Waals surface area contributed by atoms with Gasteiger partial charge in [0, 0.05) is 26.2 Å². The van der Waals surface area contributed by atoms with Gasteiger partial charge in [-0.15, -0.1) is 0 Å². The molecular weight excluding hydrogens is 328 g/mol. The molecule has 0 spiro atoms. The zero-order valence-electron chi connectivity index (χ0n) is 17.9. The fourth-order valence-electron chi connectivity index (χ4n) is 3.33. The first kappa shape index (κ1) is 23.9. The predicted octanol–water partition coefficient (Wildman–Crippen LogP) is 5.73. The molecule has 1 aliphatic rings. The summed E-state index contributed by atoms with van der Waals surface area (Å²) in [6.07, 6.45) is 12.3. The molecule has 0 radical (unpaired) electrons. The fourth-order valence-corrected chi connectivity index (χ4v) is 3.33. The van der Waals surface area contributed by atoms with Crippen LogP contribution in [0.2, 0.25) is 0 Å². The van der Waals surface area contributed by atoms with Crippen LogP contribution in [0.1, 0.15) is 91.9 Å². The van der Waals surface area contributed by atoms with Crippen molar-refractivity contribution in [2.45, 2.75) is 104 Å². The van der Waals surface area contributed by atoms with Crippen LogP contribution in [0.3, 0.4) is 0 Å². The molecule has 1 fully saturated rings. The molecule has 0 aromatic rings. The van der Waals surface area contributed by atoms with E-state index in [1.807, 2.05) is 0 Å². The van der Waals surface area contributed by atoms with Crippen LogP contribution in [-0.4, -0.2) is 44.9 Å². The van der Waals surface area contributed by atoms with E-state index in [-0.39, 0.29) is 0 Å². The van der Waals surface area contributed by atoms with Crippen LogP contribution in [0.4, 0.5) is 0 Å². The van der Waals surface area contributed by atoms with Crippen molar-refractivity contribution in [3.05, 3.63) is 0 Å². The third kappa shape index (κ3) is 12.3. The highest BCUT2D eigenvalue weighted by Crippen LogP contribution is 2.29. The summed E-state index contributed by atoms with van der Waals surface area (Å²) in [5, 5.41) is 0. The van der Waals surface area contributed by atoms with Crippen LogP contribution in [0.5, 0.6) is 0 Å². The van der Waals surface area contributed by atoms with E-state index in [2.05, 4.69) is 27.7 Å². The van der Waals surface area contributed by atoms with Crippen LogP contribution in [0.25, 0.3) is 0 Å². The van der Waals surface area contributed by atoms with Crippen molar-refractivity contribution in [3.8, 4) is 0 Å². The minimum absolute atomic E-state index is 0.355. The molecule has 2 atom stereocenters. The lowest BCUT2D eigenvalue weighted by molar-refractivity contribution is -0.236. The van der Waals surface area contributed by atoms with Gasteiger partial charge in [0.05, 0.1) is 13.2 Å². The van der Waals surface area contributed by atoms with Gasteiger partial charge in [0.15, 0.2) is 5.79 Å². The second-order valence-corrected chi connectivity index (χ2v) is 7.92. The fraction of sp³-hybridized carbons (Fsp3) is 1.00. The van der Waals surface area contributed by atoms with Crippen molar-refractivity contribution in [3.63, 3.8) is 0 Å². The molecule has 1 saturated heterocycles. The van der Waals surface area contributed by atoms with Crippen molar-refractivity contribution in [1.82, 2.24) is 0 Å². The number of hydrogen-bond acceptors (Lipinski definition) is 4. The van der Waals surface area contributed by atoms with E-state index >= 15 is 0 Å². The van der Waals surface area contributed by atoms with Gasteiger partial charge >= 0.3 is 0 Å². The Balaban J connectivity index is 2.44. The van der Waals surface area contributed by atoms with Crippen LogP contribution in [0.15, 0.2) is 0 Å². The summed E-state index contributed by atoms with van der Waals surface area (Å²) >= 11 is 0. The monoisotopic (exact) mass is 372 g/mol. The molecule has 0 saturated carbocycles. The van der Waals surface area contributed by atoms with Crippen molar-refractivity contribution in [2.24, 2.45) is 5.92 Å². The minimum Gasteiger partial charge on any atom is -0.379 e. The van der Waals surface area contributed by atoms with Gasteiger partial charge in [-0.2, -0.15) is 0 Å². The zero-order valence-corrected chi connectivity index (χ0v) is 17.9. The number of unbranched alkanes of at least 4 members (excludes halogenated alkanes) is 4. The smallest absolute Gasteiger partial charge is 0.165 e. The summed E-state index contributed by atoms with van der Waals surface area (Å²) in [5.41, 5.74) is 0. The molecule has 0 bridgehead atoms. The Kier molecular flexibility index (Phi) is 13.6. The first-order valence-electron chi connectivity index (χ1n) is 11.1. The van der Waals surface area contributed by atoms with E-state index in [0.29, 0.717) is 12.0 Å². The molecule has 4 heteroatoms. The predicted molar refractivity (Wildman–Crippen MR) is 108 cm³/mol. The molecule has 4 nitrogen and oxygen atoms in total. The highest BCUT2D eigenvalue weighted by Gasteiger charge is 2.30. The average Bonchev–Trinajstić information content (AvgIpc) is 3.46. The molecule has 1 aliphatic heterocycles. The molecule has 1 heterocycles. The summed E-state index contributed by atoms with van der Waals surface area (Å²) in [5.74, 6) is 0.134. The van der Waals surface area contributed by atoms with E-state index in [0.717, 1.165) is 58.7 Å². The van der Waals surface area contributed by atoms with E-state index in [4.69, 9.17) is 18.9 Å². The number of ether oxygens (including phenoxy) is 4. The van der Waals surface area contributed by atoms with Gasteiger partial charge in [-0.3, -0.25) is 0 Å². The molecule has 26 heavy (non-hydrogen) atoms. The number of hydrogen-bond donors (Lipinski definition) is 0. The van der Waals surface area contributed by atoms with Crippen LogP contribution in [-0.2, 0) is 18.9 Å². The van der Waals surface area contributed by atoms with E-state index < -0.39 is 5.79 Å². The Bertz CT molecular complexity index is 309. The first-order valence-corrected chi connectivity index (χ1v) is 11.1. The minimum atomic E-state index is -0.459. The lowest BCUT2D eigenvalue weighted by atomic mass is 9.90. The van der Waals surface area contributed by atoms with Crippen LogP contribution < -0.4 is 0 Å².